The number of ether oxygens (including phenoxy) is 1. The summed E-state index contributed by atoms with van der Waals surface area (Å²) in [4.78, 5) is 15.9. The van der Waals surface area contributed by atoms with E-state index in [2.05, 4.69) is 4.98 Å². The predicted octanol–water partition coefficient (Wildman–Crippen LogP) is 3.04. The minimum absolute atomic E-state index is 0.221. The Morgan fingerprint density at radius 3 is 2.67 bits per heavy atom. The summed E-state index contributed by atoms with van der Waals surface area (Å²) < 4.78 is 7.19. The zero-order valence-electron chi connectivity index (χ0n) is 11.7. The summed E-state index contributed by atoms with van der Waals surface area (Å²) in [5.74, 6) is 0.403. The lowest BCUT2D eigenvalue weighted by molar-refractivity contribution is 0.0698. The van der Waals surface area contributed by atoms with Gasteiger partial charge in [-0.05, 0) is 31.2 Å². The summed E-state index contributed by atoms with van der Waals surface area (Å²) in [7, 11) is 1.59. The van der Waals surface area contributed by atoms with Crippen LogP contribution in [0.3, 0.4) is 0 Å². The van der Waals surface area contributed by atoms with Crippen LogP contribution in [0.15, 0.2) is 42.5 Å². The number of fused-ring (bicyclic) bond motifs is 1. The Labute approximate surface area is 121 Å². The van der Waals surface area contributed by atoms with E-state index in [0.717, 1.165) is 5.69 Å². The highest BCUT2D eigenvalue weighted by atomic mass is 16.5. The third-order valence-corrected chi connectivity index (χ3v) is 3.40. The maximum atomic E-state index is 11.5. The first kappa shape index (κ1) is 13.2. The normalized spacial score (nSPS) is 10.8. The molecule has 0 aliphatic carbocycles. The number of rotatable bonds is 3. The average Bonchev–Trinajstić information content (AvgIpc) is 2.82. The van der Waals surface area contributed by atoms with Crippen LogP contribution in [-0.4, -0.2) is 27.7 Å². The second-order valence-electron chi connectivity index (χ2n) is 4.64. The van der Waals surface area contributed by atoms with E-state index in [9.17, 15) is 9.90 Å². The van der Waals surface area contributed by atoms with Crippen molar-refractivity contribution in [3.8, 4) is 11.4 Å². The first-order valence-electron chi connectivity index (χ1n) is 6.48. The number of aryl methyl sites for hydroxylation is 1. The minimum Gasteiger partial charge on any atom is -0.495 e. The Hall–Kier alpha value is -2.82. The van der Waals surface area contributed by atoms with Gasteiger partial charge in [-0.2, -0.15) is 0 Å². The molecule has 0 fully saturated rings. The number of carboxylic acids is 1. The SMILES string of the molecule is COc1ccccc1-n1c(C)nc2cccc(C(=O)O)c21. The summed E-state index contributed by atoms with van der Waals surface area (Å²) in [6.45, 7) is 1.85. The summed E-state index contributed by atoms with van der Waals surface area (Å²) in [5.41, 5.74) is 2.22. The number of benzene rings is 2. The van der Waals surface area contributed by atoms with E-state index in [4.69, 9.17) is 4.74 Å². The van der Waals surface area contributed by atoms with Gasteiger partial charge in [0.1, 0.15) is 11.6 Å². The number of aromatic nitrogens is 2. The van der Waals surface area contributed by atoms with Crippen molar-refractivity contribution >= 4 is 17.0 Å². The molecule has 0 amide bonds. The van der Waals surface area contributed by atoms with Gasteiger partial charge in [0.25, 0.3) is 0 Å². The Bertz CT molecular complexity index is 837. The molecule has 0 unspecified atom stereocenters. The molecule has 2 aromatic carbocycles. The molecule has 1 aromatic heterocycles. The van der Waals surface area contributed by atoms with Gasteiger partial charge >= 0.3 is 5.97 Å². The van der Waals surface area contributed by atoms with Crippen LogP contribution in [0.2, 0.25) is 0 Å². The molecule has 0 bridgehead atoms. The van der Waals surface area contributed by atoms with Gasteiger partial charge in [-0.15, -0.1) is 0 Å². The lowest BCUT2D eigenvalue weighted by atomic mass is 10.1. The van der Waals surface area contributed by atoms with Crippen LogP contribution in [0.5, 0.6) is 5.75 Å². The van der Waals surface area contributed by atoms with E-state index in [1.807, 2.05) is 35.8 Å². The summed E-state index contributed by atoms with van der Waals surface area (Å²) >= 11 is 0. The molecule has 106 valence electrons. The monoisotopic (exact) mass is 282 g/mol. The number of hydrogen-bond acceptors (Lipinski definition) is 3. The van der Waals surface area contributed by atoms with Gasteiger partial charge in [0.2, 0.25) is 0 Å². The molecule has 0 saturated carbocycles. The molecule has 21 heavy (non-hydrogen) atoms. The second-order valence-corrected chi connectivity index (χ2v) is 4.64. The Kier molecular flexibility index (Phi) is 3.10. The van der Waals surface area contributed by atoms with Crippen molar-refractivity contribution in [1.29, 1.82) is 0 Å². The largest absolute Gasteiger partial charge is 0.495 e. The lowest BCUT2D eigenvalue weighted by Crippen LogP contribution is -2.04. The van der Waals surface area contributed by atoms with Gasteiger partial charge < -0.3 is 9.84 Å². The fraction of sp³-hybridized carbons (Fsp3) is 0.125. The maximum absolute atomic E-state index is 11.5. The van der Waals surface area contributed by atoms with E-state index < -0.39 is 5.97 Å². The smallest absolute Gasteiger partial charge is 0.337 e. The van der Waals surface area contributed by atoms with Crippen molar-refractivity contribution in [1.82, 2.24) is 9.55 Å². The molecule has 3 aromatic rings. The molecular formula is C16H14N2O3. The van der Waals surface area contributed by atoms with E-state index >= 15 is 0 Å². The third kappa shape index (κ3) is 2.03. The van der Waals surface area contributed by atoms with E-state index in [1.165, 1.54) is 0 Å². The Morgan fingerprint density at radius 1 is 1.19 bits per heavy atom. The van der Waals surface area contributed by atoms with Crippen LogP contribution in [0.25, 0.3) is 16.7 Å². The first-order chi connectivity index (χ1) is 10.1. The molecule has 0 spiro atoms. The zero-order valence-corrected chi connectivity index (χ0v) is 11.7. The van der Waals surface area contributed by atoms with Crippen LogP contribution < -0.4 is 4.74 Å². The van der Waals surface area contributed by atoms with Gasteiger partial charge in [0.05, 0.1) is 29.4 Å². The minimum atomic E-state index is -0.975. The highest BCUT2D eigenvalue weighted by molar-refractivity contribution is 6.02. The number of carboxylic acid groups (broad SMARTS) is 1. The van der Waals surface area contributed by atoms with Crippen molar-refractivity contribution in [2.24, 2.45) is 0 Å². The highest BCUT2D eigenvalue weighted by Crippen LogP contribution is 2.29. The van der Waals surface area contributed by atoms with Crippen molar-refractivity contribution in [2.75, 3.05) is 7.11 Å². The molecule has 0 atom stereocenters. The van der Waals surface area contributed by atoms with Crippen LogP contribution in [0, 0.1) is 6.92 Å². The fourth-order valence-corrected chi connectivity index (χ4v) is 2.52. The molecule has 1 N–H and O–H groups in total. The number of methoxy groups -OCH3 is 1. The number of nitrogens with zero attached hydrogens (tertiary/aromatic N) is 2. The molecule has 5 heteroatoms. The van der Waals surface area contributed by atoms with Gasteiger partial charge in [-0.25, -0.2) is 9.78 Å². The molecule has 0 saturated heterocycles. The third-order valence-electron chi connectivity index (χ3n) is 3.40. The lowest BCUT2D eigenvalue weighted by Gasteiger charge is -2.12. The number of aromatic carboxylic acids is 1. The summed E-state index contributed by atoms with van der Waals surface area (Å²) in [6.07, 6.45) is 0. The van der Waals surface area contributed by atoms with Gasteiger partial charge in [0, 0.05) is 0 Å². The van der Waals surface area contributed by atoms with Crippen LogP contribution >= 0.6 is 0 Å². The van der Waals surface area contributed by atoms with E-state index in [0.29, 0.717) is 22.6 Å². The average molecular weight is 282 g/mol. The molecule has 1 heterocycles. The van der Waals surface area contributed by atoms with Gasteiger partial charge in [-0.3, -0.25) is 4.57 Å². The van der Waals surface area contributed by atoms with Gasteiger partial charge in [0.15, 0.2) is 0 Å². The van der Waals surface area contributed by atoms with Crippen molar-refractivity contribution in [2.45, 2.75) is 6.92 Å². The predicted molar refractivity (Wildman–Crippen MR) is 79.3 cm³/mol. The fourth-order valence-electron chi connectivity index (χ4n) is 2.52. The van der Waals surface area contributed by atoms with Gasteiger partial charge in [-0.1, -0.05) is 18.2 Å². The number of carbonyl (C=O) groups is 1. The molecule has 3 rings (SSSR count). The Morgan fingerprint density at radius 2 is 1.95 bits per heavy atom. The number of hydrogen-bond donors (Lipinski definition) is 1. The Balaban J connectivity index is 2.42. The number of imidazole rings is 1. The molecular weight excluding hydrogens is 268 g/mol. The summed E-state index contributed by atoms with van der Waals surface area (Å²) in [6, 6.07) is 12.6. The van der Waals surface area contributed by atoms with E-state index in [-0.39, 0.29) is 5.56 Å². The second kappa shape index (κ2) is 4.94. The number of para-hydroxylation sites is 3. The topological polar surface area (TPSA) is 64.4 Å². The molecule has 0 aliphatic heterocycles. The van der Waals surface area contributed by atoms with Crippen molar-refractivity contribution in [3.05, 3.63) is 53.9 Å². The maximum Gasteiger partial charge on any atom is 0.337 e. The van der Waals surface area contributed by atoms with Crippen molar-refractivity contribution in [3.63, 3.8) is 0 Å². The summed E-state index contributed by atoms with van der Waals surface area (Å²) in [5, 5.41) is 9.42. The quantitative estimate of drug-likeness (QED) is 0.802. The van der Waals surface area contributed by atoms with Crippen LogP contribution in [0.1, 0.15) is 16.2 Å². The van der Waals surface area contributed by atoms with E-state index in [1.54, 1.807) is 25.3 Å². The van der Waals surface area contributed by atoms with Crippen LogP contribution in [0.4, 0.5) is 0 Å². The molecule has 0 aliphatic rings. The highest BCUT2D eigenvalue weighted by Gasteiger charge is 2.18. The van der Waals surface area contributed by atoms with Crippen molar-refractivity contribution < 1.29 is 14.6 Å². The van der Waals surface area contributed by atoms with Crippen LogP contribution in [-0.2, 0) is 0 Å². The standard InChI is InChI=1S/C16H14N2O3/c1-10-17-12-7-5-6-11(16(19)20)15(12)18(10)13-8-3-4-9-14(13)21-2/h3-9H,1-2H3,(H,19,20). The first-order valence-corrected chi connectivity index (χ1v) is 6.48. The molecule has 5 nitrogen and oxygen atoms in total. The zero-order chi connectivity index (χ0) is 15.0. The molecule has 0 radical (unpaired) electrons.